The number of ether oxygens (including phenoxy) is 2. The molecule has 1 aromatic rings. The molecule has 0 bridgehead atoms. The van der Waals surface area contributed by atoms with E-state index >= 15 is 0 Å². The van der Waals surface area contributed by atoms with Gasteiger partial charge in [-0.25, -0.2) is 4.98 Å². The van der Waals surface area contributed by atoms with E-state index in [0.29, 0.717) is 6.61 Å². The van der Waals surface area contributed by atoms with E-state index < -0.39 is 4.92 Å². The second-order valence-electron chi connectivity index (χ2n) is 3.89. The number of aromatic nitrogens is 2. The van der Waals surface area contributed by atoms with Crippen LogP contribution in [0.15, 0.2) is 6.33 Å². The van der Waals surface area contributed by atoms with Crippen LogP contribution < -0.4 is 10.1 Å². The van der Waals surface area contributed by atoms with E-state index in [1.54, 1.807) is 0 Å². The minimum atomic E-state index is -0.535. The van der Waals surface area contributed by atoms with Gasteiger partial charge in [-0.05, 0) is 12.8 Å². The lowest BCUT2D eigenvalue weighted by Gasteiger charge is -2.08. The standard InChI is InChI=1S/C10H14N4O4/c1-17-4-5-18-10-8(14(15)16)9(11-6-12-10)13-7-2-3-7/h6-7H,2-5H2,1H3,(H,11,12,13). The molecule has 0 amide bonds. The average Bonchev–Trinajstić information content (AvgIpc) is 3.13. The monoisotopic (exact) mass is 254 g/mol. The number of nitrogens with zero attached hydrogens (tertiary/aromatic N) is 3. The molecule has 1 saturated carbocycles. The molecule has 1 fully saturated rings. The molecule has 8 heteroatoms. The number of methoxy groups -OCH3 is 1. The van der Waals surface area contributed by atoms with Crippen molar-refractivity contribution in [1.29, 1.82) is 0 Å². The van der Waals surface area contributed by atoms with Gasteiger partial charge >= 0.3 is 5.69 Å². The number of hydrogen-bond acceptors (Lipinski definition) is 7. The molecule has 2 rings (SSSR count). The first-order valence-corrected chi connectivity index (χ1v) is 5.60. The van der Waals surface area contributed by atoms with Gasteiger partial charge in [-0.1, -0.05) is 0 Å². The molecule has 0 unspecified atom stereocenters. The van der Waals surface area contributed by atoms with E-state index in [0.717, 1.165) is 12.8 Å². The van der Waals surface area contributed by atoms with E-state index in [9.17, 15) is 10.1 Å². The van der Waals surface area contributed by atoms with Gasteiger partial charge in [0.15, 0.2) is 0 Å². The van der Waals surface area contributed by atoms with Crippen LogP contribution in [0.3, 0.4) is 0 Å². The normalized spacial score (nSPS) is 14.3. The molecule has 1 aromatic heterocycles. The lowest BCUT2D eigenvalue weighted by molar-refractivity contribution is -0.385. The van der Waals surface area contributed by atoms with E-state index in [1.807, 2.05) is 0 Å². The van der Waals surface area contributed by atoms with E-state index in [1.165, 1.54) is 13.4 Å². The third-order valence-electron chi connectivity index (χ3n) is 2.42. The molecule has 18 heavy (non-hydrogen) atoms. The Morgan fingerprint density at radius 3 is 2.89 bits per heavy atom. The Morgan fingerprint density at radius 1 is 1.50 bits per heavy atom. The van der Waals surface area contributed by atoms with Crippen molar-refractivity contribution in [3.05, 3.63) is 16.4 Å². The number of anilines is 1. The SMILES string of the molecule is COCCOc1ncnc(NC2CC2)c1[N+](=O)[O-]. The molecule has 0 aliphatic heterocycles. The number of hydrogen-bond donors (Lipinski definition) is 1. The Hall–Kier alpha value is -1.96. The molecule has 1 aliphatic rings. The van der Waals surface area contributed by atoms with Crippen LogP contribution in [0.1, 0.15) is 12.8 Å². The maximum absolute atomic E-state index is 11.1. The molecule has 98 valence electrons. The highest BCUT2D eigenvalue weighted by Crippen LogP contribution is 2.34. The van der Waals surface area contributed by atoms with Crippen molar-refractivity contribution in [3.63, 3.8) is 0 Å². The fraction of sp³-hybridized carbons (Fsp3) is 0.600. The summed E-state index contributed by atoms with van der Waals surface area (Å²) in [4.78, 5) is 18.2. The summed E-state index contributed by atoms with van der Waals surface area (Å²) in [6.45, 7) is 0.545. The molecule has 8 nitrogen and oxygen atoms in total. The van der Waals surface area contributed by atoms with Gasteiger partial charge in [0.2, 0.25) is 5.82 Å². The van der Waals surface area contributed by atoms with Gasteiger partial charge in [0.05, 0.1) is 11.5 Å². The van der Waals surface area contributed by atoms with Crippen LogP contribution in [0.4, 0.5) is 11.5 Å². The zero-order chi connectivity index (χ0) is 13.0. The summed E-state index contributed by atoms with van der Waals surface area (Å²) >= 11 is 0. The van der Waals surface area contributed by atoms with Gasteiger partial charge in [-0.15, -0.1) is 0 Å². The first kappa shape index (κ1) is 12.5. The van der Waals surface area contributed by atoms with Gasteiger partial charge in [0, 0.05) is 13.2 Å². The van der Waals surface area contributed by atoms with Crippen molar-refractivity contribution in [3.8, 4) is 5.88 Å². The molecule has 0 spiro atoms. The van der Waals surface area contributed by atoms with Crippen LogP contribution in [0.25, 0.3) is 0 Å². The largest absolute Gasteiger partial charge is 0.470 e. The molecule has 1 heterocycles. The van der Waals surface area contributed by atoms with Crippen molar-refractivity contribution in [2.24, 2.45) is 0 Å². The Morgan fingerprint density at radius 2 is 2.28 bits per heavy atom. The minimum absolute atomic E-state index is 0.0322. The molecule has 0 aromatic carbocycles. The van der Waals surface area contributed by atoms with Crippen LogP contribution in [0, 0.1) is 10.1 Å². The summed E-state index contributed by atoms with van der Waals surface area (Å²) in [5.41, 5.74) is -0.222. The highest BCUT2D eigenvalue weighted by Gasteiger charge is 2.29. The van der Waals surface area contributed by atoms with Gasteiger partial charge in [-0.3, -0.25) is 10.1 Å². The minimum Gasteiger partial charge on any atom is -0.470 e. The third-order valence-corrected chi connectivity index (χ3v) is 2.42. The molecule has 0 saturated heterocycles. The number of nitrogens with one attached hydrogen (secondary N) is 1. The molecular weight excluding hydrogens is 240 g/mol. The lowest BCUT2D eigenvalue weighted by Crippen LogP contribution is -2.11. The first-order valence-electron chi connectivity index (χ1n) is 5.60. The fourth-order valence-electron chi connectivity index (χ4n) is 1.38. The van der Waals surface area contributed by atoms with E-state index in [-0.39, 0.29) is 30.0 Å². The maximum Gasteiger partial charge on any atom is 0.372 e. The van der Waals surface area contributed by atoms with Crippen LogP contribution in [-0.2, 0) is 4.74 Å². The Balaban J connectivity index is 2.17. The van der Waals surface area contributed by atoms with Crippen molar-refractivity contribution in [2.75, 3.05) is 25.6 Å². The zero-order valence-corrected chi connectivity index (χ0v) is 9.96. The maximum atomic E-state index is 11.1. The second-order valence-corrected chi connectivity index (χ2v) is 3.89. The van der Waals surface area contributed by atoms with Crippen molar-refractivity contribution in [1.82, 2.24) is 9.97 Å². The topological polar surface area (TPSA) is 99.4 Å². The first-order chi connectivity index (χ1) is 8.72. The van der Waals surface area contributed by atoms with Crippen LogP contribution in [0.5, 0.6) is 5.88 Å². The zero-order valence-electron chi connectivity index (χ0n) is 9.96. The fourth-order valence-corrected chi connectivity index (χ4v) is 1.38. The summed E-state index contributed by atoms with van der Waals surface area (Å²) in [7, 11) is 1.53. The third kappa shape index (κ3) is 3.04. The van der Waals surface area contributed by atoms with Gasteiger partial charge in [0.25, 0.3) is 5.88 Å². The number of rotatable bonds is 7. The van der Waals surface area contributed by atoms with Gasteiger partial charge in [-0.2, -0.15) is 4.98 Å². The van der Waals surface area contributed by atoms with Crippen molar-refractivity contribution in [2.45, 2.75) is 18.9 Å². The molecule has 1 aliphatic carbocycles. The van der Waals surface area contributed by atoms with E-state index in [4.69, 9.17) is 9.47 Å². The van der Waals surface area contributed by atoms with Crippen LogP contribution in [0.2, 0.25) is 0 Å². The lowest BCUT2D eigenvalue weighted by atomic mass is 10.4. The smallest absolute Gasteiger partial charge is 0.372 e. The summed E-state index contributed by atoms with van der Waals surface area (Å²) in [6, 6.07) is 0.269. The van der Waals surface area contributed by atoms with E-state index in [2.05, 4.69) is 15.3 Å². The molecule has 0 atom stereocenters. The molecular formula is C10H14N4O4. The highest BCUT2D eigenvalue weighted by atomic mass is 16.6. The Kier molecular flexibility index (Phi) is 3.88. The molecule has 1 N–H and O–H groups in total. The predicted molar refractivity (Wildman–Crippen MR) is 62.7 cm³/mol. The average molecular weight is 254 g/mol. The summed E-state index contributed by atoms with van der Waals surface area (Å²) in [6.07, 6.45) is 3.25. The van der Waals surface area contributed by atoms with Crippen molar-refractivity contribution < 1.29 is 14.4 Å². The van der Waals surface area contributed by atoms with Crippen LogP contribution >= 0.6 is 0 Å². The highest BCUT2D eigenvalue weighted by molar-refractivity contribution is 5.61. The quantitative estimate of drug-likeness (QED) is 0.440. The summed E-state index contributed by atoms with van der Waals surface area (Å²) in [5, 5.41) is 14.0. The molecule has 0 radical (unpaired) electrons. The summed E-state index contributed by atoms with van der Waals surface area (Å²) in [5.74, 6) is 0.181. The van der Waals surface area contributed by atoms with Gasteiger partial charge < -0.3 is 14.8 Å². The Labute approximate surface area is 103 Å². The van der Waals surface area contributed by atoms with Crippen LogP contribution in [-0.4, -0.2) is 41.3 Å². The van der Waals surface area contributed by atoms with Crippen molar-refractivity contribution >= 4 is 11.5 Å². The number of nitro groups is 1. The summed E-state index contributed by atoms with van der Waals surface area (Å²) < 4.78 is 10.0. The Bertz CT molecular complexity index is 436. The second kappa shape index (κ2) is 5.58. The predicted octanol–water partition coefficient (Wildman–Crippen LogP) is 0.984. The van der Waals surface area contributed by atoms with Gasteiger partial charge in [0.1, 0.15) is 12.9 Å².